The van der Waals surface area contributed by atoms with E-state index in [1.54, 1.807) is 7.11 Å². The van der Waals surface area contributed by atoms with Gasteiger partial charge in [0.25, 0.3) is 0 Å². The lowest BCUT2D eigenvalue weighted by Gasteiger charge is -2.26. The van der Waals surface area contributed by atoms with Crippen LogP contribution in [0.1, 0.15) is 35.6 Å². The van der Waals surface area contributed by atoms with E-state index >= 15 is 0 Å². The minimum absolute atomic E-state index is 0.321. The minimum Gasteiger partial charge on any atom is -0.496 e. The molecular weight excluding hydrogens is 224 g/mol. The summed E-state index contributed by atoms with van der Waals surface area (Å²) < 4.78 is 5.56. The molecule has 2 unspecified atom stereocenters. The summed E-state index contributed by atoms with van der Waals surface area (Å²) in [5.74, 6) is 0.992. The molecule has 1 fully saturated rings. The van der Waals surface area contributed by atoms with Gasteiger partial charge in [-0.1, -0.05) is 6.07 Å². The van der Waals surface area contributed by atoms with Crippen molar-refractivity contribution >= 4 is 0 Å². The van der Waals surface area contributed by atoms with Crippen molar-refractivity contribution in [2.45, 2.75) is 38.8 Å². The number of nitrogens with one attached hydrogen (secondary N) is 2. The van der Waals surface area contributed by atoms with Crippen LogP contribution < -0.4 is 15.4 Å². The third kappa shape index (κ3) is 2.52. The molecule has 1 heterocycles. The van der Waals surface area contributed by atoms with Crippen LogP contribution in [0.5, 0.6) is 5.75 Å². The summed E-state index contributed by atoms with van der Waals surface area (Å²) in [5.41, 5.74) is 3.87. The van der Waals surface area contributed by atoms with Gasteiger partial charge >= 0.3 is 0 Å². The zero-order chi connectivity index (χ0) is 13.1. The van der Waals surface area contributed by atoms with Gasteiger partial charge in [-0.15, -0.1) is 0 Å². The molecule has 0 amide bonds. The van der Waals surface area contributed by atoms with E-state index in [0.717, 1.165) is 12.3 Å². The Morgan fingerprint density at radius 1 is 1.33 bits per heavy atom. The Labute approximate surface area is 110 Å². The smallest absolute Gasteiger partial charge is 0.123 e. The highest BCUT2D eigenvalue weighted by Gasteiger charge is 2.27. The molecule has 0 spiro atoms. The van der Waals surface area contributed by atoms with Crippen LogP contribution >= 0.6 is 0 Å². The van der Waals surface area contributed by atoms with Crippen molar-refractivity contribution in [3.8, 4) is 5.75 Å². The van der Waals surface area contributed by atoms with Crippen LogP contribution in [0, 0.1) is 13.8 Å². The fraction of sp³-hybridized carbons (Fsp3) is 0.600. The zero-order valence-corrected chi connectivity index (χ0v) is 11.8. The van der Waals surface area contributed by atoms with E-state index in [9.17, 15) is 0 Å². The number of aryl methyl sites for hydroxylation is 2. The molecule has 1 aliphatic rings. The van der Waals surface area contributed by atoms with E-state index in [2.05, 4.69) is 36.6 Å². The first-order chi connectivity index (χ1) is 8.67. The quantitative estimate of drug-likeness (QED) is 0.858. The average Bonchev–Trinajstić information content (AvgIpc) is 2.88. The van der Waals surface area contributed by atoms with Crippen LogP contribution in [0.25, 0.3) is 0 Å². The molecule has 0 aromatic heterocycles. The summed E-state index contributed by atoms with van der Waals surface area (Å²) in [6.07, 6.45) is 2.48. The number of ether oxygens (including phenoxy) is 1. The third-order valence-electron chi connectivity index (χ3n) is 3.99. The van der Waals surface area contributed by atoms with Crippen molar-refractivity contribution in [3.63, 3.8) is 0 Å². The number of benzene rings is 1. The molecule has 1 saturated heterocycles. The molecule has 0 aliphatic carbocycles. The Hall–Kier alpha value is -1.06. The van der Waals surface area contributed by atoms with E-state index in [4.69, 9.17) is 4.74 Å². The molecule has 2 atom stereocenters. The Kier molecular flexibility index (Phi) is 4.25. The molecule has 1 aromatic rings. The third-order valence-corrected chi connectivity index (χ3v) is 3.99. The minimum atomic E-state index is 0.321. The fourth-order valence-corrected chi connectivity index (χ4v) is 2.80. The van der Waals surface area contributed by atoms with Crippen molar-refractivity contribution in [1.29, 1.82) is 0 Å². The van der Waals surface area contributed by atoms with Crippen LogP contribution in [0.3, 0.4) is 0 Å². The van der Waals surface area contributed by atoms with Gasteiger partial charge in [-0.2, -0.15) is 0 Å². The Bertz CT molecular complexity index is 411. The lowest BCUT2D eigenvalue weighted by atomic mass is 9.94. The van der Waals surface area contributed by atoms with E-state index in [1.807, 2.05) is 7.05 Å². The average molecular weight is 248 g/mol. The molecule has 3 heteroatoms. The molecule has 2 rings (SSSR count). The molecule has 0 bridgehead atoms. The van der Waals surface area contributed by atoms with Gasteiger partial charge in [-0.05, 0) is 57.5 Å². The number of hydrogen-bond acceptors (Lipinski definition) is 3. The van der Waals surface area contributed by atoms with Gasteiger partial charge in [0.2, 0.25) is 0 Å². The normalized spacial score (nSPS) is 21.0. The predicted octanol–water partition coefficient (Wildman–Crippen LogP) is 2.32. The monoisotopic (exact) mass is 248 g/mol. The molecule has 18 heavy (non-hydrogen) atoms. The Morgan fingerprint density at radius 2 is 2.06 bits per heavy atom. The highest BCUT2D eigenvalue weighted by molar-refractivity contribution is 5.44. The van der Waals surface area contributed by atoms with E-state index in [-0.39, 0.29) is 0 Å². The van der Waals surface area contributed by atoms with Gasteiger partial charge < -0.3 is 15.4 Å². The van der Waals surface area contributed by atoms with Gasteiger partial charge in [0.05, 0.1) is 13.2 Å². The predicted molar refractivity (Wildman–Crippen MR) is 75.3 cm³/mol. The molecule has 1 aliphatic heterocycles. The number of likely N-dealkylation sites (N-methyl/N-ethyl adjacent to an activating group) is 1. The fourth-order valence-electron chi connectivity index (χ4n) is 2.80. The highest BCUT2D eigenvalue weighted by atomic mass is 16.5. The summed E-state index contributed by atoms with van der Waals surface area (Å²) in [5, 5.41) is 7.01. The second-order valence-corrected chi connectivity index (χ2v) is 5.15. The summed E-state index contributed by atoms with van der Waals surface area (Å²) >= 11 is 0. The van der Waals surface area contributed by atoms with Crippen LogP contribution in [-0.2, 0) is 0 Å². The lowest BCUT2D eigenvalue weighted by Crippen LogP contribution is -2.36. The molecule has 2 N–H and O–H groups in total. The van der Waals surface area contributed by atoms with E-state index in [0.29, 0.717) is 12.1 Å². The van der Waals surface area contributed by atoms with Crippen LogP contribution in [-0.4, -0.2) is 26.7 Å². The first-order valence-electron chi connectivity index (χ1n) is 6.73. The molecule has 0 saturated carbocycles. The topological polar surface area (TPSA) is 33.3 Å². The lowest BCUT2D eigenvalue weighted by molar-refractivity contribution is 0.382. The van der Waals surface area contributed by atoms with Crippen LogP contribution in [0.4, 0.5) is 0 Å². The van der Waals surface area contributed by atoms with Crippen molar-refractivity contribution in [3.05, 3.63) is 28.8 Å². The van der Waals surface area contributed by atoms with Crippen LogP contribution in [0.2, 0.25) is 0 Å². The van der Waals surface area contributed by atoms with Gasteiger partial charge in [0.15, 0.2) is 0 Å². The number of hydrogen-bond donors (Lipinski definition) is 2. The molecular formula is C15H24N2O. The summed E-state index contributed by atoms with van der Waals surface area (Å²) in [6, 6.07) is 5.23. The molecule has 1 aromatic carbocycles. The molecule has 3 nitrogen and oxygen atoms in total. The number of methoxy groups -OCH3 is 1. The molecule has 0 radical (unpaired) electrons. The van der Waals surface area contributed by atoms with Gasteiger partial charge in [-0.3, -0.25) is 0 Å². The van der Waals surface area contributed by atoms with Gasteiger partial charge in [-0.25, -0.2) is 0 Å². The maximum Gasteiger partial charge on any atom is 0.123 e. The van der Waals surface area contributed by atoms with Crippen molar-refractivity contribution in [2.24, 2.45) is 0 Å². The van der Waals surface area contributed by atoms with Gasteiger partial charge in [0.1, 0.15) is 5.75 Å². The van der Waals surface area contributed by atoms with Crippen molar-refractivity contribution < 1.29 is 4.74 Å². The maximum atomic E-state index is 5.56. The van der Waals surface area contributed by atoms with Crippen LogP contribution in [0.15, 0.2) is 12.1 Å². The first kappa shape index (κ1) is 13.4. The SMILES string of the molecule is CNC(c1cc(C)c(C)cc1OC)C1CCCN1. The maximum absolute atomic E-state index is 5.56. The van der Waals surface area contributed by atoms with E-state index < -0.39 is 0 Å². The first-order valence-corrected chi connectivity index (χ1v) is 6.73. The Morgan fingerprint density at radius 3 is 2.61 bits per heavy atom. The number of rotatable bonds is 4. The largest absolute Gasteiger partial charge is 0.496 e. The van der Waals surface area contributed by atoms with Crippen molar-refractivity contribution in [1.82, 2.24) is 10.6 Å². The van der Waals surface area contributed by atoms with Gasteiger partial charge in [0, 0.05) is 11.6 Å². The zero-order valence-electron chi connectivity index (χ0n) is 11.8. The summed E-state index contributed by atoms with van der Waals surface area (Å²) in [7, 11) is 3.78. The standard InChI is InChI=1S/C15H24N2O/c1-10-8-12(14(18-4)9-11(10)2)15(16-3)13-6-5-7-17-13/h8-9,13,15-17H,5-7H2,1-4H3. The van der Waals surface area contributed by atoms with E-state index in [1.165, 1.54) is 29.5 Å². The second-order valence-electron chi connectivity index (χ2n) is 5.15. The summed E-state index contributed by atoms with van der Waals surface area (Å²) in [4.78, 5) is 0. The Balaban J connectivity index is 2.37. The highest BCUT2D eigenvalue weighted by Crippen LogP contribution is 2.32. The summed E-state index contributed by atoms with van der Waals surface area (Å²) in [6.45, 7) is 5.41. The van der Waals surface area contributed by atoms with Crippen molar-refractivity contribution in [2.75, 3.05) is 20.7 Å². The second kappa shape index (κ2) is 5.72. The molecule has 100 valence electrons.